The van der Waals surface area contributed by atoms with Gasteiger partial charge in [-0.25, -0.2) is 0 Å². The molecule has 0 aromatic heterocycles. The van der Waals surface area contributed by atoms with Crippen LogP contribution in [-0.2, 0) is 9.47 Å². The molecule has 2 unspecified atom stereocenters. The third-order valence-corrected chi connectivity index (χ3v) is 1.84. The van der Waals surface area contributed by atoms with Gasteiger partial charge in [-0.05, 0) is 20.0 Å². The van der Waals surface area contributed by atoms with Crippen LogP contribution < -0.4 is 5.73 Å². The van der Waals surface area contributed by atoms with Crippen molar-refractivity contribution in [2.24, 2.45) is 5.73 Å². The van der Waals surface area contributed by atoms with E-state index >= 15 is 0 Å². The molecule has 2 atom stereocenters. The van der Waals surface area contributed by atoms with Crippen LogP contribution in [0.15, 0.2) is 11.8 Å². The minimum atomic E-state index is 0.0231. The topological polar surface area (TPSA) is 44.5 Å². The van der Waals surface area contributed by atoms with Crippen molar-refractivity contribution in [3.8, 4) is 0 Å². The Hall–Kier alpha value is -0.540. The summed E-state index contributed by atoms with van der Waals surface area (Å²) in [5, 5.41) is 0. The van der Waals surface area contributed by atoms with E-state index in [0.717, 1.165) is 5.57 Å². The van der Waals surface area contributed by atoms with Crippen molar-refractivity contribution in [1.82, 2.24) is 0 Å². The zero-order chi connectivity index (χ0) is 8.85. The summed E-state index contributed by atoms with van der Waals surface area (Å²) in [5.74, 6) is 0. The fourth-order valence-corrected chi connectivity index (χ4v) is 0.874. The number of methoxy groups -OCH3 is 2. The van der Waals surface area contributed by atoms with E-state index < -0.39 is 0 Å². The van der Waals surface area contributed by atoms with Gasteiger partial charge in [0.1, 0.15) is 0 Å². The van der Waals surface area contributed by atoms with Gasteiger partial charge in [0.05, 0.1) is 12.2 Å². The average molecular weight is 159 g/mol. The van der Waals surface area contributed by atoms with Crippen molar-refractivity contribution in [3.63, 3.8) is 0 Å². The SMILES string of the molecule is COC(C)C(=CN)C(C)OC. The van der Waals surface area contributed by atoms with Gasteiger partial charge in [0, 0.05) is 19.8 Å². The number of rotatable bonds is 4. The van der Waals surface area contributed by atoms with Gasteiger partial charge in [0.25, 0.3) is 0 Å². The number of nitrogens with two attached hydrogens (primary N) is 1. The first-order valence-corrected chi connectivity index (χ1v) is 3.64. The Morgan fingerprint density at radius 2 is 1.55 bits per heavy atom. The number of hydrogen-bond donors (Lipinski definition) is 1. The van der Waals surface area contributed by atoms with Crippen LogP contribution in [0, 0.1) is 0 Å². The maximum atomic E-state index is 5.40. The lowest BCUT2D eigenvalue weighted by atomic mass is 10.1. The summed E-state index contributed by atoms with van der Waals surface area (Å²) in [4.78, 5) is 0. The van der Waals surface area contributed by atoms with Crippen LogP contribution in [0.1, 0.15) is 13.8 Å². The molecule has 0 radical (unpaired) electrons. The summed E-state index contributed by atoms with van der Waals surface area (Å²) >= 11 is 0. The second-order valence-electron chi connectivity index (χ2n) is 2.42. The highest BCUT2D eigenvalue weighted by atomic mass is 16.5. The molecule has 0 fully saturated rings. The lowest BCUT2D eigenvalue weighted by Gasteiger charge is -2.18. The summed E-state index contributed by atoms with van der Waals surface area (Å²) in [6, 6.07) is 0. The molecule has 0 aliphatic rings. The maximum absolute atomic E-state index is 5.40. The molecule has 0 aliphatic carbocycles. The fourth-order valence-electron chi connectivity index (χ4n) is 0.874. The third-order valence-electron chi connectivity index (χ3n) is 1.84. The van der Waals surface area contributed by atoms with E-state index in [0.29, 0.717) is 0 Å². The van der Waals surface area contributed by atoms with E-state index in [9.17, 15) is 0 Å². The minimum Gasteiger partial charge on any atom is -0.404 e. The molecule has 3 nitrogen and oxygen atoms in total. The van der Waals surface area contributed by atoms with Gasteiger partial charge < -0.3 is 15.2 Å². The van der Waals surface area contributed by atoms with Crippen LogP contribution in [0.3, 0.4) is 0 Å². The molecule has 0 heterocycles. The van der Waals surface area contributed by atoms with Crippen LogP contribution >= 0.6 is 0 Å². The highest BCUT2D eigenvalue weighted by Crippen LogP contribution is 2.11. The number of hydrogen-bond acceptors (Lipinski definition) is 3. The van der Waals surface area contributed by atoms with Crippen molar-refractivity contribution in [2.45, 2.75) is 26.1 Å². The molecule has 0 aromatic rings. The monoisotopic (exact) mass is 159 g/mol. The first-order valence-electron chi connectivity index (χ1n) is 3.64. The molecule has 0 aliphatic heterocycles. The van der Waals surface area contributed by atoms with Crippen LogP contribution in [0.5, 0.6) is 0 Å². The van der Waals surface area contributed by atoms with Crippen LogP contribution in [0.2, 0.25) is 0 Å². The first-order chi connectivity index (χ1) is 5.17. The second-order valence-corrected chi connectivity index (χ2v) is 2.42. The molecule has 2 N–H and O–H groups in total. The molecule has 0 amide bonds. The predicted octanol–water partition coefficient (Wildman–Crippen LogP) is 0.899. The first kappa shape index (κ1) is 10.5. The van der Waals surface area contributed by atoms with Gasteiger partial charge in [0.15, 0.2) is 0 Å². The van der Waals surface area contributed by atoms with E-state index in [1.165, 1.54) is 0 Å². The lowest BCUT2D eigenvalue weighted by molar-refractivity contribution is 0.0904. The molecule has 0 aromatic carbocycles. The quantitative estimate of drug-likeness (QED) is 0.662. The molecule has 0 saturated carbocycles. The summed E-state index contributed by atoms with van der Waals surface area (Å²) in [6.07, 6.45) is 1.59. The van der Waals surface area contributed by atoms with Crippen molar-refractivity contribution in [1.29, 1.82) is 0 Å². The summed E-state index contributed by atoms with van der Waals surface area (Å²) in [5.41, 5.74) is 6.37. The standard InChI is InChI=1S/C8H17NO2/c1-6(10-3)8(5-9)7(2)11-4/h5-7H,9H2,1-4H3. The Labute approximate surface area is 68.2 Å². The molecule has 66 valence electrons. The molecule has 0 bridgehead atoms. The predicted molar refractivity (Wildman–Crippen MR) is 45.2 cm³/mol. The summed E-state index contributed by atoms with van der Waals surface area (Å²) in [6.45, 7) is 3.88. The van der Waals surface area contributed by atoms with Crippen LogP contribution in [0.25, 0.3) is 0 Å². The van der Waals surface area contributed by atoms with E-state index in [4.69, 9.17) is 15.2 Å². The Bertz CT molecular complexity index is 122. The smallest absolute Gasteiger partial charge is 0.0794 e. The Morgan fingerprint density at radius 3 is 1.73 bits per heavy atom. The molecule has 0 rings (SSSR count). The van der Waals surface area contributed by atoms with Gasteiger partial charge in [-0.3, -0.25) is 0 Å². The molecular formula is C8H17NO2. The van der Waals surface area contributed by atoms with Crippen LogP contribution in [-0.4, -0.2) is 26.4 Å². The van der Waals surface area contributed by atoms with Gasteiger partial charge in [-0.2, -0.15) is 0 Å². The van der Waals surface area contributed by atoms with Crippen LogP contribution in [0.4, 0.5) is 0 Å². The molecule has 11 heavy (non-hydrogen) atoms. The van der Waals surface area contributed by atoms with E-state index in [1.54, 1.807) is 20.4 Å². The zero-order valence-corrected chi connectivity index (χ0v) is 7.63. The Balaban J connectivity index is 4.17. The lowest BCUT2D eigenvalue weighted by Crippen LogP contribution is -2.21. The van der Waals surface area contributed by atoms with Gasteiger partial charge in [-0.15, -0.1) is 0 Å². The number of ether oxygens (including phenoxy) is 2. The van der Waals surface area contributed by atoms with Gasteiger partial charge in [-0.1, -0.05) is 0 Å². The average Bonchev–Trinajstić information content (AvgIpc) is 2.05. The normalized spacial score (nSPS) is 15.6. The summed E-state index contributed by atoms with van der Waals surface area (Å²) < 4.78 is 10.2. The summed E-state index contributed by atoms with van der Waals surface area (Å²) in [7, 11) is 3.30. The van der Waals surface area contributed by atoms with E-state index in [1.807, 2.05) is 13.8 Å². The zero-order valence-electron chi connectivity index (χ0n) is 7.63. The molecule has 3 heteroatoms. The highest BCUT2D eigenvalue weighted by molar-refractivity contribution is 5.10. The fraction of sp³-hybridized carbons (Fsp3) is 0.750. The van der Waals surface area contributed by atoms with Crippen molar-refractivity contribution >= 4 is 0 Å². The van der Waals surface area contributed by atoms with Crippen molar-refractivity contribution in [3.05, 3.63) is 11.8 Å². The maximum Gasteiger partial charge on any atom is 0.0794 e. The highest BCUT2D eigenvalue weighted by Gasteiger charge is 2.13. The molecule has 0 saturated heterocycles. The third kappa shape index (κ3) is 2.91. The Morgan fingerprint density at radius 1 is 1.18 bits per heavy atom. The van der Waals surface area contributed by atoms with Gasteiger partial charge >= 0.3 is 0 Å². The minimum absolute atomic E-state index is 0.0231. The van der Waals surface area contributed by atoms with Gasteiger partial charge in [0.2, 0.25) is 0 Å². The Kier molecular flexibility index (Phi) is 4.90. The van der Waals surface area contributed by atoms with E-state index in [2.05, 4.69) is 0 Å². The molecular weight excluding hydrogens is 142 g/mol. The largest absolute Gasteiger partial charge is 0.404 e. The van der Waals surface area contributed by atoms with Crippen molar-refractivity contribution < 1.29 is 9.47 Å². The van der Waals surface area contributed by atoms with E-state index in [-0.39, 0.29) is 12.2 Å². The second kappa shape index (κ2) is 5.16. The van der Waals surface area contributed by atoms with Crippen molar-refractivity contribution in [2.75, 3.05) is 14.2 Å². The molecule has 0 spiro atoms.